The molecule has 0 bridgehead atoms. The summed E-state index contributed by atoms with van der Waals surface area (Å²) in [5.74, 6) is 1.17. The Morgan fingerprint density at radius 3 is 2.56 bits per heavy atom. The maximum absolute atomic E-state index is 11.5. The predicted molar refractivity (Wildman–Crippen MR) is 67.6 cm³/mol. The number of hydrogen-bond acceptors (Lipinski definition) is 3. The van der Waals surface area contributed by atoms with Crippen LogP contribution in [0.4, 0.5) is 0 Å². The van der Waals surface area contributed by atoms with Crippen molar-refractivity contribution in [3.05, 3.63) is 0 Å². The molecule has 0 aromatic rings. The lowest BCUT2D eigenvalue weighted by atomic mass is 9.96. The average molecular weight is 226 g/mol. The Morgan fingerprint density at radius 2 is 2.00 bits per heavy atom. The van der Waals surface area contributed by atoms with E-state index in [1.165, 1.54) is 25.9 Å². The second-order valence-electron chi connectivity index (χ2n) is 5.23. The lowest BCUT2D eigenvalue weighted by Gasteiger charge is -2.31. The van der Waals surface area contributed by atoms with Crippen molar-refractivity contribution >= 4 is 5.78 Å². The summed E-state index contributed by atoms with van der Waals surface area (Å²) in [4.78, 5) is 16.1. The Balaban J connectivity index is 2.18. The third kappa shape index (κ3) is 5.08. The van der Waals surface area contributed by atoms with Crippen LogP contribution in [0.5, 0.6) is 0 Å². The predicted octanol–water partition coefficient (Wildman–Crippen LogP) is 1.63. The van der Waals surface area contributed by atoms with E-state index in [9.17, 15) is 4.79 Å². The summed E-state index contributed by atoms with van der Waals surface area (Å²) in [6.07, 6.45) is 4.27. The maximum atomic E-state index is 11.5. The highest BCUT2D eigenvalue weighted by Gasteiger charge is 2.18. The first-order valence-corrected chi connectivity index (χ1v) is 6.50. The molecule has 16 heavy (non-hydrogen) atoms. The number of ketones is 1. The minimum Gasteiger partial charge on any atom is -0.306 e. The topological polar surface area (TPSA) is 23.6 Å². The van der Waals surface area contributed by atoms with E-state index in [1.807, 2.05) is 0 Å². The first-order valence-electron chi connectivity index (χ1n) is 6.50. The number of rotatable bonds is 6. The van der Waals surface area contributed by atoms with Gasteiger partial charge in [-0.05, 0) is 52.4 Å². The van der Waals surface area contributed by atoms with Crippen LogP contribution >= 0.6 is 0 Å². The van der Waals surface area contributed by atoms with Gasteiger partial charge in [-0.25, -0.2) is 0 Å². The first kappa shape index (κ1) is 13.7. The molecule has 1 fully saturated rings. The van der Waals surface area contributed by atoms with Crippen molar-refractivity contribution in [2.24, 2.45) is 5.92 Å². The van der Waals surface area contributed by atoms with Gasteiger partial charge in [0.05, 0.1) is 6.54 Å². The Bertz CT molecular complexity index is 210. The highest BCUT2D eigenvalue weighted by Crippen LogP contribution is 2.16. The molecule has 94 valence electrons. The molecule has 0 unspecified atom stereocenters. The van der Waals surface area contributed by atoms with Crippen LogP contribution < -0.4 is 0 Å². The number of likely N-dealkylation sites (tertiary alicyclic amines) is 1. The van der Waals surface area contributed by atoms with Crippen molar-refractivity contribution in [2.75, 3.05) is 40.3 Å². The van der Waals surface area contributed by atoms with Gasteiger partial charge in [0, 0.05) is 13.0 Å². The zero-order chi connectivity index (χ0) is 12.0. The van der Waals surface area contributed by atoms with Crippen molar-refractivity contribution in [3.8, 4) is 0 Å². The van der Waals surface area contributed by atoms with Gasteiger partial charge in [0.15, 0.2) is 0 Å². The van der Waals surface area contributed by atoms with Gasteiger partial charge < -0.3 is 4.90 Å². The molecule has 0 amide bonds. The quantitative estimate of drug-likeness (QED) is 0.688. The summed E-state index contributed by atoms with van der Waals surface area (Å²) >= 11 is 0. The molecule has 1 aliphatic rings. The number of Topliss-reactive ketones (excluding diaryl/α,β-unsaturated/α-hetero) is 1. The lowest BCUT2D eigenvalue weighted by molar-refractivity contribution is -0.120. The molecular weight excluding hydrogens is 200 g/mol. The van der Waals surface area contributed by atoms with Crippen molar-refractivity contribution in [1.29, 1.82) is 0 Å². The van der Waals surface area contributed by atoms with Crippen molar-refractivity contribution < 1.29 is 4.79 Å². The molecule has 3 heteroatoms. The standard InChI is InChI=1S/C13H26N2O/c1-4-5-13(16)11-15(3)10-12-6-8-14(2)9-7-12/h12H,4-11H2,1-3H3. The van der Waals surface area contributed by atoms with Crippen LogP contribution in [0.2, 0.25) is 0 Å². The van der Waals surface area contributed by atoms with Crippen LogP contribution in [0, 0.1) is 5.92 Å². The van der Waals surface area contributed by atoms with Gasteiger partial charge in [-0.15, -0.1) is 0 Å². The summed E-state index contributed by atoms with van der Waals surface area (Å²) in [7, 11) is 4.26. The molecule has 0 N–H and O–H groups in total. The number of carbonyl (C=O) groups excluding carboxylic acids is 1. The number of carbonyl (C=O) groups is 1. The average Bonchev–Trinajstić information content (AvgIpc) is 2.21. The van der Waals surface area contributed by atoms with Gasteiger partial charge in [0.25, 0.3) is 0 Å². The Labute approximate surface area is 99.8 Å². The van der Waals surface area contributed by atoms with E-state index in [-0.39, 0.29) is 0 Å². The van der Waals surface area contributed by atoms with Crippen molar-refractivity contribution in [3.63, 3.8) is 0 Å². The number of hydrogen-bond donors (Lipinski definition) is 0. The van der Waals surface area contributed by atoms with E-state index in [1.54, 1.807) is 0 Å². The third-order valence-corrected chi connectivity index (χ3v) is 3.38. The molecule has 0 spiro atoms. The summed E-state index contributed by atoms with van der Waals surface area (Å²) in [6, 6.07) is 0. The monoisotopic (exact) mass is 226 g/mol. The molecule has 0 atom stereocenters. The Hall–Kier alpha value is -0.410. The largest absolute Gasteiger partial charge is 0.306 e. The minimum absolute atomic E-state index is 0.387. The smallest absolute Gasteiger partial charge is 0.146 e. The molecule has 1 saturated heterocycles. The Kier molecular flexibility index (Phi) is 5.99. The number of nitrogens with zero attached hydrogens (tertiary/aromatic N) is 2. The second kappa shape index (κ2) is 7.02. The SMILES string of the molecule is CCCC(=O)CN(C)CC1CCN(C)CC1. The van der Waals surface area contributed by atoms with Gasteiger partial charge in [0.1, 0.15) is 5.78 Å². The summed E-state index contributed by atoms with van der Waals surface area (Å²) < 4.78 is 0. The van der Waals surface area contributed by atoms with Gasteiger partial charge in [-0.1, -0.05) is 6.92 Å². The molecule has 0 saturated carbocycles. The van der Waals surface area contributed by atoms with Crippen LogP contribution in [0.1, 0.15) is 32.6 Å². The molecule has 0 aromatic carbocycles. The van der Waals surface area contributed by atoms with Gasteiger partial charge in [-0.3, -0.25) is 9.69 Å². The number of piperidine rings is 1. The molecule has 1 aliphatic heterocycles. The van der Waals surface area contributed by atoms with E-state index in [2.05, 4.69) is 30.8 Å². The van der Waals surface area contributed by atoms with Gasteiger partial charge in [0.2, 0.25) is 0 Å². The number of likely N-dealkylation sites (N-methyl/N-ethyl adjacent to an activating group) is 1. The molecule has 0 aliphatic carbocycles. The third-order valence-electron chi connectivity index (χ3n) is 3.38. The van der Waals surface area contributed by atoms with Crippen LogP contribution in [0.25, 0.3) is 0 Å². The van der Waals surface area contributed by atoms with E-state index in [0.717, 1.165) is 25.3 Å². The maximum Gasteiger partial charge on any atom is 0.146 e. The van der Waals surface area contributed by atoms with Crippen molar-refractivity contribution in [2.45, 2.75) is 32.6 Å². The minimum atomic E-state index is 0.387. The zero-order valence-corrected chi connectivity index (χ0v) is 11.0. The molecule has 1 rings (SSSR count). The fourth-order valence-corrected chi connectivity index (χ4v) is 2.41. The lowest BCUT2D eigenvalue weighted by Crippen LogP contribution is -2.37. The molecule has 0 radical (unpaired) electrons. The van der Waals surface area contributed by atoms with E-state index < -0.39 is 0 Å². The summed E-state index contributed by atoms with van der Waals surface area (Å²) in [6.45, 7) is 6.21. The van der Waals surface area contributed by atoms with Gasteiger partial charge >= 0.3 is 0 Å². The van der Waals surface area contributed by atoms with E-state index in [4.69, 9.17) is 0 Å². The highest BCUT2D eigenvalue weighted by atomic mass is 16.1. The zero-order valence-electron chi connectivity index (χ0n) is 11.0. The fourth-order valence-electron chi connectivity index (χ4n) is 2.41. The normalized spacial score (nSPS) is 19.2. The van der Waals surface area contributed by atoms with E-state index >= 15 is 0 Å². The second-order valence-corrected chi connectivity index (χ2v) is 5.23. The summed E-state index contributed by atoms with van der Waals surface area (Å²) in [5, 5.41) is 0. The van der Waals surface area contributed by atoms with Gasteiger partial charge in [-0.2, -0.15) is 0 Å². The van der Waals surface area contributed by atoms with Crippen LogP contribution in [-0.2, 0) is 4.79 Å². The van der Waals surface area contributed by atoms with E-state index in [0.29, 0.717) is 12.3 Å². The molecule has 0 aromatic heterocycles. The fraction of sp³-hybridized carbons (Fsp3) is 0.923. The van der Waals surface area contributed by atoms with Crippen LogP contribution in [0.15, 0.2) is 0 Å². The molecule has 3 nitrogen and oxygen atoms in total. The van der Waals surface area contributed by atoms with Crippen molar-refractivity contribution in [1.82, 2.24) is 9.80 Å². The molecule has 1 heterocycles. The van der Waals surface area contributed by atoms with Crippen LogP contribution in [0.3, 0.4) is 0 Å². The summed E-state index contributed by atoms with van der Waals surface area (Å²) in [5.41, 5.74) is 0. The first-order chi connectivity index (χ1) is 7.61. The Morgan fingerprint density at radius 1 is 1.38 bits per heavy atom. The van der Waals surface area contributed by atoms with Crippen LogP contribution in [-0.4, -0.2) is 55.9 Å². The molecular formula is C13H26N2O. The highest BCUT2D eigenvalue weighted by molar-refractivity contribution is 5.80.